The minimum absolute atomic E-state index is 0.155. The zero-order valence-corrected chi connectivity index (χ0v) is 8.05. The first kappa shape index (κ1) is 9.70. The van der Waals surface area contributed by atoms with Gasteiger partial charge >= 0.3 is 5.97 Å². The molecule has 0 aliphatic heterocycles. The van der Waals surface area contributed by atoms with Crippen LogP contribution in [0.3, 0.4) is 0 Å². The molecular formula is C9H12N4O2. The molecule has 0 amide bonds. The lowest BCUT2D eigenvalue weighted by molar-refractivity contribution is -0.142. The number of anilines is 1. The zero-order chi connectivity index (χ0) is 10.8. The predicted molar refractivity (Wildman–Crippen MR) is 53.0 cm³/mol. The Bertz CT molecular complexity index is 399. The van der Waals surface area contributed by atoms with E-state index in [4.69, 9.17) is 10.8 Å². The molecule has 1 aliphatic carbocycles. The maximum Gasteiger partial charge on any atom is 0.307 e. The quantitative estimate of drug-likeness (QED) is 0.614. The van der Waals surface area contributed by atoms with E-state index < -0.39 is 11.9 Å². The van der Waals surface area contributed by atoms with Crippen molar-refractivity contribution in [2.24, 2.45) is 5.92 Å². The van der Waals surface area contributed by atoms with E-state index in [1.165, 1.54) is 0 Å². The van der Waals surface area contributed by atoms with Crippen molar-refractivity contribution < 1.29 is 9.90 Å². The van der Waals surface area contributed by atoms with Crippen molar-refractivity contribution in [3.8, 4) is 0 Å². The van der Waals surface area contributed by atoms with Gasteiger partial charge in [-0.2, -0.15) is 4.98 Å². The minimum atomic E-state index is -0.806. The summed E-state index contributed by atoms with van der Waals surface area (Å²) >= 11 is 0. The first-order valence-electron chi connectivity index (χ1n) is 4.74. The molecule has 1 aliphatic rings. The molecule has 6 nitrogen and oxygen atoms in total. The lowest BCUT2D eigenvalue weighted by Gasteiger charge is -2.22. The summed E-state index contributed by atoms with van der Waals surface area (Å²) in [5.41, 5.74) is 5.39. The number of carboxylic acid groups (broad SMARTS) is 1. The van der Waals surface area contributed by atoms with Crippen LogP contribution in [-0.2, 0) is 4.79 Å². The van der Waals surface area contributed by atoms with Gasteiger partial charge in [-0.05, 0) is 12.8 Å². The van der Waals surface area contributed by atoms with Crippen LogP contribution in [0.1, 0.15) is 24.6 Å². The van der Waals surface area contributed by atoms with Gasteiger partial charge in [-0.25, -0.2) is 0 Å². The van der Waals surface area contributed by atoms with Gasteiger partial charge in [0, 0.05) is 5.92 Å². The van der Waals surface area contributed by atoms with Crippen LogP contribution in [0.4, 0.5) is 5.95 Å². The number of hydrogen-bond donors (Lipinski definition) is 3. The number of carbonyl (C=O) groups is 1. The maximum atomic E-state index is 11.0. The van der Waals surface area contributed by atoms with Gasteiger partial charge in [0.25, 0.3) is 0 Å². The Balaban J connectivity index is 2.26. The van der Waals surface area contributed by atoms with Crippen LogP contribution in [0.2, 0.25) is 0 Å². The average Bonchev–Trinajstić information content (AvgIpc) is 2.65. The summed E-state index contributed by atoms with van der Waals surface area (Å²) in [5, 5.41) is 15.4. The molecule has 0 unspecified atom stereocenters. The Morgan fingerprint density at radius 1 is 1.53 bits per heavy atom. The SMILES string of the molecule is Nc1n[nH]c([C@@H]2CC=CC[C@H]2C(=O)O)n1. The van der Waals surface area contributed by atoms with Crippen LogP contribution in [0.25, 0.3) is 0 Å². The number of aromatic amines is 1. The van der Waals surface area contributed by atoms with E-state index in [-0.39, 0.29) is 11.9 Å². The second-order valence-electron chi connectivity index (χ2n) is 3.57. The van der Waals surface area contributed by atoms with Gasteiger partial charge in [0.05, 0.1) is 5.92 Å². The number of nitrogens with zero attached hydrogens (tertiary/aromatic N) is 2. The highest BCUT2D eigenvalue weighted by molar-refractivity contribution is 5.71. The standard InChI is InChI=1S/C9H12N4O2/c10-9-11-7(12-13-9)5-3-1-2-4-6(5)8(14)15/h1-2,5-6H,3-4H2,(H,14,15)(H3,10,11,12,13)/t5-,6-/m1/s1. The van der Waals surface area contributed by atoms with E-state index >= 15 is 0 Å². The third-order valence-corrected chi connectivity index (χ3v) is 2.62. The van der Waals surface area contributed by atoms with Gasteiger partial charge in [0.15, 0.2) is 0 Å². The van der Waals surface area contributed by atoms with Crippen molar-refractivity contribution in [1.82, 2.24) is 15.2 Å². The van der Waals surface area contributed by atoms with Crippen LogP contribution in [0, 0.1) is 5.92 Å². The third kappa shape index (κ3) is 1.83. The van der Waals surface area contributed by atoms with Crippen LogP contribution in [0.5, 0.6) is 0 Å². The van der Waals surface area contributed by atoms with Crippen molar-refractivity contribution in [2.75, 3.05) is 5.73 Å². The second-order valence-corrected chi connectivity index (χ2v) is 3.57. The summed E-state index contributed by atoms with van der Waals surface area (Å²) < 4.78 is 0. The summed E-state index contributed by atoms with van der Waals surface area (Å²) in [6, 6.07) is 0. The fourth-order valence-corrected chi connectivity index (χ4v) is 1.84. The number of aromatic nitrogens is 3. The Kier molecular flexibility index (Phi) is 2.40. The molecule has 4 N–H and O–H groups in total. The first-order valence-corrected chi connectivity index (χ1v) is 4.74. The number of hydrogen-bond acceptors (Lipinski definition) is 4. The molecule has 0 saturated heterocycles. The number of aliphatic carboxylic acids is 1. The van der Waals surface area contributed by atoms with Gasteiger partial charge < -0.3 is 10.8 Å². The van der Waals surface area contributed by atoms with E-state index in [1.807, 2.05) is 12.2 Å². The Morgan fingerprint density at radius 2 is 2.27 bits per heavy atom. The van der Waals surface area contributed by atoms with E-state index in [0.29, 0.717) is 18.7 Å². The molecule has 6 heteroatoms. The van der Waals surface area contributed by atoms with Crippen molar-refractivity contribution in [1.29, 1.82) is 0 Å². The maximum absolute atomic E-state index is 11.0. The number of H-pyrrole nitrogens is 1. The number of nitrogens with two attached hydrogens (primary N) is 1. The highest BCUT2D eigenvalue weighted by atomic mass is 16.4. The predicted octanol–water partition coefficient (Wildman–Crippen LogP) is 0.521. The molecule has 2 atom stereocenters. The molecule has 1 aromatic heterocycles. The molecule has 0 saturated carbocycles. The van der Waals surface area contributed by atoms with Crippen LogP contribution < -0.4 is 5.73 Å². The van der Waals surface area contributed by atoms with E-state index in [1.54, 1.807) is 0 Å². The summed E-state index contributed by atoms with van der Waals surface area (Å²) in [7, 11) is 0. The smallest absolute Gasteiger partial charge is 0.307 e. The number of allylic oxidation sites excluding steroid dienone is 2. The number of carboxylic acids is 1. The van der Waals surface area contributed by atoms with Crippen molar-refractivity contribution in [3.05, 3.63) is 18.0 Å². The van der Waals surface area contributed by atoms with Crippen LogP contribution in [0.15, 0.2) is 12.2 Å². The molecule has 0 spiro atoms. The van der Waals surface area contributed by atoms with E-state index in [0.717, 1.165) is 0 Å². The highest BCUT2D eigenvalue weighted by Crippen LogP contribution is 2.32. The molecule has 0 radical (unpaired) electrons. The summed E-state index contributed by atoms with van der Waals surface area (Å²) in [4.78, 5) is 15.0. The largest absolute Gasteiger partial charge is 0.481 e. The van der Waals surface area contributed by atoms with Gasteiger partial charge in [-0.1, -0.05) is 12.2 Å². The van der Waals surface area contributed by atoms with Gasteiger partial charge in [0.2, 0.25) is 5.95 Å². The lowest BCUT2D eigenvalue weighted by atomic mass is 9.82. The summed E-state index contributed by atoms with van der Waals surface area (Å²) in [6.07, 6.45) is 5.03. The van der Waals surface area contributed by atoms with Gasteiger partial charge in [-0.3, -0.25) is 9.89 Å². The molecule has 0 fully saturated rings. The lowest BCUT2D eigenvalue weighted by Crippen LogP contribution is -2.24. The van der Waals surface area contributed by atoms with Crippen molar-refractivity contribution in [3.63, 3.8) is 0 Å². The molecule has 0 aromatic carbocycles. The minimum Gasteiger partial charge on any atom is -0.481 e. The van der Waals surface area contributed by atoms with E-state index in [2.05, 4.69) is 15.2 Å². The molecule has 1 aromatic rings. The monoisotopic (exact) mass is 208 g/mol. The fourth-order valence-electron chi connectivity index (χ4n) is 1.84. The zero-order valence-electron chi connectivity index (χ0n) is 8.05. The topological polar surface area (TPSA) is 105 Å². The number of rotatable bonds is 2. The highest BCUT2D eigenvalue weighted by Gasteiger charge is 2.31. The Morgan fingerprint density at radius 3 is 2.87 bits per heavy atom. The van der Waals surface area contributed by atoms with Gasteiger partial charge in [-0.15, -0.1) is 5.10 Å². The van der Waals surface area contributed by atoms with Crippen LogP contribution in [-0.4, -0.2) is 26.3 Å². The first-order chi connectivity index (χ1) is 7.18. The summed E-state index contributed by atoms with van der Waals surface area (Å²) in [6.45, 7) is 0. The molecular weight excluding hydrogens is 196 g/mol. The van der Waals surface area contributed by atoms with Crippen LogP contribution >= 0.6 is 0 Å². The molecule has 15 heavy (non-hydrogen) atoms. The van der Waals surface area contributed by atoms with Crippen molar-refractivity contribution in [2.45, 2.75) is 18.8 Å². The Labute approximate surface area is 86.2 Å². The fraction of sp³-hybridized carbons (Fsp3) is 0.444. The number of nitrogens with one attached hydrogen (secondary N) is 1. The number of nitrogen functional groups attached to an aromatic ring is 1. The third-order valence-electron chi connectivity index (χ3n) is 2.62. The molecule has 1 heterocycles. The van der Waals surface area contributed by atoms with Gasteiger partial charge in [0.1, 0.15) is 5.82 Å². The second kappa shape index (κ2) is 3.72. The average molecular weight is 208 g/mol. The molecule has 2 rings (SSSR count). The Hall–Kier alpha value is -1.85. The molecule has 80 valence electrons. The van der Waals surface area contributed by atoms with E-state index in [9.17, 15) is 4.79 Å². The van der Waals surface area contributed by atoms with Crippen molar-refractivity contribution >= 4 is 11.9 Å². The molecule has 0 bridgehead atoms. The normalized spacial score (nSPS) is 25.3. The summed E-state index contributed by atoms with van der Waals surface area (Å²) in [5.74, 6) is -0.688.